The Kier molecular flexibility index (Phi) is 2.97. The lowest BCUT2D eigenvalue weighted by Crippen LogP contribution is -1.91. The summed E-state index contributed by atoms with van der Waals surface area (Å²) < 4.78 is 1.01. The van der Waals surface area contributed by atoms with E-state index in [-0.39, 0.29) is 5.88 Å². The van der Waals surface area contributed by atoms with Crippen LogP contribution in [0.3, 0.4) is 0 Å². The third-order valence-electron chi connectivity index (χ3n) is 3.54. The molecule has 0 aliphatic rings. The second-order valence-electron chi connectivity index (χ2n) is 4.98. The van der Waals surface area contributed by atoms with Crippen molar-refractivity contribution in [1.82, 2.24) is 9.97 Å². The minimum Gasteiger partial charge on any atom is -0.493 e. The van der Waals surface area contributed by atoms with E-state index < -0.39 is 0 Å². The number of H-pyrrole nitrogens is 1. The number of fused-ring (bicyclic) bond motifs is 3. The number of aromatic nitrogens is 2. The van der Waals surface area contributed by atoms with Gasteiger partial charge in [-0.3, -0.25) is 0 Å². The molecule has 0 aliphatic carbocycles. The van der Waals surface area contributed by atoms with E-state index in [1.165, 1.54) is 5.56 Å². The Balaban J connectivity index is 1.91. The van der Waals surface area contributed by atoms with Gasteiger partial charge in [0.1, 0.15) is 0 Å². The fourth-order valence-corrected chi connectivity index (χ4v) is 3.65. The van der Waals surface area contributed by atoms with Crippen LogP contribution >= 0.6 is 27.3 Å². The molecule has 3 nitrogen and oxygen atoms in total. The molecule has 0 bridgehead atoms. The minimum atomic E-state index is 0.0892. The van der Waals surface area contributed by atoms with Gasteiger partial charge in [0.15, 0.2) is 0 Å². The standard InChI is InChI=1S/C16H11BrN2OS/c17-10-1-2-12-13(6-10)19-14-7-11(18-16(20)15(12)14)5-9-3-4-21-8-9/h1-4,6-8,19H,5H2,(H,18,20). The fraction of sp³-hybridized carbons (Fsp3) is 0.0625. The Bertz CT molecular complexity index is 944. The summed E-state index contributed by atoms with van der Waals surface area (Å²) in [6.45, 7) is 0. The van der Waals surface area contributed by atoms with Crippen molar-refractivity contribution in [3.63, 3.8) is 0 Å². The number of nitrogens with zero attached hydrogens (tertiary/aromatic N) is 1. The normalized spacial score (nSPS) is 11.5. The highest BCUT2D eigenvalue weighted by atomic mass is 79.9. The molecule has 4 rings (SSSR count). The van der Waals surface area contributed by atoms with Gasteiger partial charge in [-0.05, 0) is 40.6 Å². The molecular weight excluding hydrogens is 348 g/mol. The molecule has 0 saturated heterocycles. The highest BCUT2D eigenvalue weighted by Gasteiger charge is 2.12. The van der Waals surface area contributed by atoms with Crippen LogP contribution in [-0.4, -0.2) is 15.1 Å². The summed E-state index contributed by atoms with van der Waals surface area (Å²) in [7, 11) is 0. The minimum absolute atomic E-state index is 0.0892. The lowest BCUT2D eigenvalue weighted by molar-refractivity contribution is 0.459. The molecule has 4 aromatic rings. The van der Waals surface area contributed by atoms with E-state index >= 15 is 0 Å². The Hall–Kier alpha value is -1.85. The van der Waals surface area contributed by atoms with Gasteiger partial charge in [-0.25, -0.2) is 4.98 Å². The molecule has 0 aliphatic heterocycles. The molecule has 0 radical (unpaired) electrons. The third kappa shape index (κ3) is 2.22. The molecule has 0 unspecified atom stereocenters. The number of hydrogen-bond acceptors (Lipinski definition) is 3. The van der Waals surface area contributed by atoms with Gasteiger partial charge in [0.25, 0.3) is 0 Å². The highest BCUT2D eigenvalue weighted by molar-refractivity contribution is 9.10. The van der Waals surface area contributed by atoms with Gasteiger partial charge in [0, 0.05) is 21.8 Å². The summed E-state index contributed by atoms with van der Waals surface area (Å²) in [6.07, 6.45) is 0.728. The smallest absolute Gasteiger partial charge is 0.221 e. The first-order valence-corrected chi connectivity index (χ1v) is 8.25. The van der Waals surface area contributed by atoms with E-state index in [1.807, 2.05) is 29.6 Å². The van der Waals surface area contributed by atoms with Crippen LogP contribution < -0.4 is 0 Å². The first-order chi connectivity index (χ1) is 10.2. The zero-order valence-corrected chi connectivity index (χ0v) is 13.3. The molecule has 5 heteroatoms. The van der Waals surface area contributed by atoms with Gasteiger partial charge in [-0.2, -0.15) is 11.3 Å². The van der Waals surface area contributed by atoms with Crippen LogP contribution in [0.4, 0.5) is 0 Å². The van der Waals surface area contributed by atoms with Gasteiger partial charge in [-0.15, -0.1) is 0 Å². The maximum atomic E-state index is 10.3. The second kappa shape index (κ2) is 4.86. The molecule has 2 N–H and O–H groups in total. The lowest BCUT2D eigenvalue weighted by Gasteiger charge is -2.01. The van der Waals surface area contributed by atoms with Gasteiger partial charge in [0.2, 0.25) is 5.88 Å². The average Bonchev–Trinajstić information content (AvgIpc) is 3.05. The van der Waals surface area contributed by atoms with Crippen LogP contribution in [0.5, 0.6) is 5.88 Å². The van der Waals surface area contributed by atoms with Crippen molar-refractivity contribution in [2.75, 3.05) is 0 Å². The quantitative estimate of drug-likeness (QED) is 0.538. The summed E-state index contributed by atoms with van der Waals surface area (Å²) in [5, 5.41) is 16.2. The van der Waals surface area contributed by atoms with E-state index in [4.69, 9.17) is 0 Å². The van der Waals surface area contributed by atoms with Crippen LogP contribution in [0.15, 0.2) is 45.6 Å². The van der Waals surface area contributed by atoms with Gasteiger partial charge < -0.3 is 10.1 Å². The third-order valence-corrected chi connectivity index (χ3v) is 4.76. The summed E-state index contributed by atoms with van der Waals surface area (Å²) >= 11 is 5.13. The Morgan fingerprint density at radius 3 is 2.90 bits per heavy atom. The number of nitrogens with one attached hydrogen (secondary N) is 1. The number of aromatic hydroxyl groups is 1. The molecule has 0 spiro atoms. The Labute approximate surface area is 133 Å². The van der Waals surface area contributed by atoms with E-state index in [1.54, 1.807) is 11.3 Å². The number of aromatic amines is 1. The first kappa shape index (κ1) is 12.9. The number of pyridine rings is 1. The van der Waals surface area contributed by atoms with Crippen molar-refractivity contribution in [2.45, 2.75) is 6.42 Å². The average molecular weight is 359 g/mol. The maximum Gasteiger partial charge on any atom is 0.221 e. The molecule has 104 valence electrons. The molecule has 3 aromatic heterocycles. The number of hydrogen-bond donors (Lipinski definition) is 2. The summed E-state index contributed by atoms with van der Waals surface area (Å²) in [4.78, 5) is 7.70. The van der Waals surface area contributed by atoms with Crippen molar-refractivity contribution in [3.05, 3.63) is 56.8 Å². The predicted octanol–water partition coefficient (Wildman–Crippen LogP) is 4.84. The van der Waals surface area contributed by atoms with Crippen molar-refractivity contribution in [3.8, 4) is 5.88 Å². The lowest BCUT2D eigenvalue weighted by atomic mass is 10.1. The fourth-order valence-electron chi connectivity index (χ4n) is 2.62. The van der Waals surface area contributed by atoms with Crippen molar-refractivity contribution in [2.24, 2.45) is 0 Å². The summed E-state index contributed by atoms with van der Waals surface area (Å²) in [5.74, 6) is 0.0892. The Morgan fingerprint density at radius 2 is 2.10 bits per heavy atom. The molecule has 3 heterocycles. The zero-order valence-electron chi connectivity index (χ0n) is 10.9. The number of thiophene rings is 1. The van der Waals surface area contributed by atoms with Crippen molar-refractivity contribution < 1.29 is 5.11 Å². The zero-order chi connectivity index (χ0) is 14.4. The molecule has 0 fully saturated rings. The van der Waals surface area contributed by atoms with E-state index in [2.05, 4.69) is 37.3 Å². The van der Waals surface area contributed by atoms with E-state index in [0.29, 0.717) is 0 Å². The molecule has 0 atom stereocenters. The topological polar surface area (TPSA) is 48.9 Å². The number of halogens is 1. The SMILES string of the molecule is Oc1nc(Cc2ccsc2)cc2[nH]c3cc(Br)ccc3c12. The number of benzene rings is 1. The summed E-state index contributed by atoms with van der Waals surface area (Å²) in [5.41, 5.74) is 3.99. The van der Waals surface area contributed by atoms with Gasteiger partial charge >= 0.3 is 0 Å². The maximum absolute atomic E-state index is 10.3. The van der Waals surface area contributed by atoms with Gasteiger partial charge in [0.05, 0.1) is 16.6 Å². The van der Waals surface area contributed by atoms with Gasteiger partial charge in [-0.1, -0.05) is 22.0 Å². The predicted molar refractivity (Wildman–Crippen MR) is 90.1 cm³/mol. The largest absolute Gasteiger partial charge is 0.493 e. The molecule has 0 saturated carbocycles. The van der Waals surface area contributed by atoms with Crippen LogP contribution in [0.2, 0.25) is 0 Å². The molecule has 1 aromatic carbocycles. The number of rotatable bonds is 2. The molecule has 0 amide bonds. The van der Waals surface area contributed by atoms with Crippen LogP contribution in [-0.2, 0) is 6.42 Å². The molecule has 21 heavy (non-hydrogen) atoms. The Morgan fingerprint density at radius 1 is 1.19 bits per heavy atom. The van der Waals surface area contributed by atoms with E-state index in [0.717, 1.165) is 38.4 Å². The highest BCUT2D eigenvalue weighted by Crippen LogP contribution is 2.33. The summed E-state index contributed by atoms with van der Waals surface area (Å²) in [6, 6.07) is 10.1. The van der Waals surface area contributed by atoms with Crippen LogP contribution in [0.1, 0.15) is 11.3 Å². The van der Waals surface area contributed by atoms with Crippen LogP contribution in [0, 0.1) is 0 Å². The van der Waals surface area contributed by atoms with Crippen molar-refractivity contribution in [1.29, 1.82) is 0 Å². The monoisotopic (exact) mass is 358 g/mol. The van der Waals surface area contributed by atoms with Crippen LogP contribution in [0.25, 0.3) is 21.8 Å². The van der Waals surface area contributed by atoms with Crippen molar-refractivity contribution >= 4 is 49.1 Å². The van der Waals surface area contributed by atoms with E-state index in [9.17, 15) is 5.11 Å². The first-order valence-electron chi connectivity index (χ1n) is 6.51. The second-order valence-corrected chi connectivity index (χ2v) is 6.68. The molecular formula is C16H11BrN2OS.